The summed E-state index contributed by atoms with van der Waals surface area (Å²) in [5.74, 6) is 0. The summed E-state index contributed by atoms with van der Waals surface area (Å²) in [6.07, 6.45) is 2.27. The number of halogens is 1. The van der Waals surface area contributed by atoms with Gasteiger partial charge in [-0.25, -0.2) is 0 Å². The van der Waals surface area contributed by atoms with Gasteiger partial charge in [0, 0.05) is 37.7 Å². The molecule has 0 spiro atoms. The van der Waals surface area contributed by atoms with Gasteiger partial charge in [0.2, 0.25) is 0 Å². The molecule has 1 aliphatic heterocycles. The van der Waals surface area contributed by atoms with Crippen molar-refractivity contribution in [1.82, 2.24) is 10.2 Å². The Labute approximate surface area is 108 Å². The molecule has 0 bridgehead atoms. The number of benzene rings is 1. The Morgan fingerprint density at radius 2 is 2.06 bits per heavy atom. The van der Waals surface area contributed by atoms with Gasteiger partial charge in [0.15, 0.2) is 0 Å². The minimum Gasteiger partial charge on any atom is -0.314 e. The van der Waals surface area contributed by atoms with Gasteiger partial charge in [-0.1, -0.05) is 35.9 Å². The van der Waals surface area contributed by atoms with E-state index >= 15 is 0 Å². The van der Waals surface area contributed by atoms with Crippen LogP contribution in [0.4, 0.5) is 0 Å². The predicted molar refractivity (Wildman–Crippen MR) is 74.4 cm³/mol. The second-order valence-corrected chi connectivity index (χ2v) is 4.82. The second kappa shape index (κ2) is 6.20. The number of nitrogens with one attached hydrogen (secondary N) is 1. The van der Waals surface area contributed by atoms with E-state index < -0.39 is 0 Å². The molecule has 0 aliphatic carbocycles. The van der Waals surface area contributed by atoms with Crippen molar-refractivity contribution >= 4 is 17.2 Å². The molecular formula is C14H19ClN2. The summed E-state index contributed by atoms with van der Waals surface area (Å²) in [5.41, 5.74) is 2.40. The number of piperazine rings is 1. The van der Waals surface area contributed by atoms with Gasteiger partial charge in [-0.15, -0.1) is 0 Å². The highest BCUT2D eigenvalue weighted by Gasteiger charge is 2.08. The molecule has 2 rings (SSSR count). The Hall–Kier alpha value is -0.830. The first-order chi connectivity index (χ1) is 8.27. The zero-order valence-corrected chi connectivity index (χ0v) is 11.0. The molecule has 0 amide bonds. The lowest BCUT2D eigenvalue weighted by molar-refractivity contribution is 0.265. The first-order valence-electron chi connectivity index (χ1n) is 6.12. The normalized spacial score (nSPS) is 18.4. The van der Waals surface area contributed by atoms with E-state index in [9.17, 15) is 0 Å². The van der Waals surface area contributed by atoms with Crippen LogP contribution in [0.5, 0.6) is 0 Å². The number of allylic oxidation sites excluding steroid dienone is 1. The maximum Gasteiger partial charge on any atom is 0.0480 e. The summed E-state index contributed by atoms with van der Waals surface area (Å²) in [6.45, 7) is 7.60. The van der Waals surface area contributed by atoms with E-state index in [4.69, 9.17) is 11.6 Å². The molecule has 1 fully saturated rings. The minimum atomic E-state index is 0.835. The maximum atomic E-state index is 6.18. The molecule has 2 nitrogen and oxygen atoms in total. The van der Waals surface area contributed by atoms with Crippen LogP contribution < -0.4 is 5.32 Å². The first kappa shape index (κ1) is 12.6. The molecule has 92 valence electrons. The van der Waals surface area contributed by atoms with Crippen LogP contribution in [0, 0.1) is 0 Å². The monoisotopic (exact) mass is 250 g/mol. The molecule has 1 aliphatic rings. The van der Waals surface area contributed by atoms with Gasteiger partial charge in [0.1, 0.15) is 0 Å². The molecule has 3 heteroatoms. The fourth-order valence-corrected chi connectivity index (χ4v) is 2.34. The maximum absolute atomic E-state index is 6.18. The van der Waals surface area contributed by atoms with Gasteiger partial charge in [-0.05, 0) is 24.1 Å². The largest absolute Gasteiger partial charge is 0.314 e. The average Bonchev–Trinajstić information content (AvgIpc) is 2.38. The van der Waals surface area contributed by atoms with Crippen LogP contribution in [-0.2, 0) is 0 Å². The lowest BCUT2D eigenvalue weighted by atomic mass is 10.1. The van der Waals surface area contributed by atoms with Gasteiger partial charge >= 0.3 is 0 Å². The van der Waals surface area contributed by atoms with Gasteiger partial charge < -0.3 is 5.32 Å². The number of rotatable bonds is 3. The molecule has 0 radical (unpaired) electrons. The van der Waals surface area contributed by atoms with Crippen LogP contribution in [0.2, 0.25) is 5.02 Å². The Bertz CT molecular complexity index is 395. The first-order valence-corrected chi connectivity index (χ1v) is 6.50. The van der Waals surface area contributed by atoms with E-state index in [0.717, 1.165) is 43.3 Å². The second-order valence-electron chi connectivity index (χ2n) is 4.42. The van der Waals surface area contributed by atoms with Crippen LogP contribution >= 0.6 is 11.6 Å². The number of hydrogen-bond acceptors (Lipinski definition) is 2. The summed E-state index contributed by atoms with van der Waals surface area (Å²) in [6, 6.07) is 8.02. The summed E-state index contributed by atoms with van der Waals surface area (Å²) < 4.78 is 0. The summed E-state index contributed by atoms with van der Waals surface area (Å²) >= 11 is 6.18. The molecular weight excluding hydrogens is 232 g/mol. The highest BCUT2D eigenvalue weighted by atomic mass is 35.5. The third-order valence-electron chi connectivity index (χ3n) is 3.16. The Morgan fingerprint density at radius 1 is 1.35 bits per heavy atom. The van der Waals surface area contributed by atoms with Crippen molar-refractivity contribution in [1.29, 1.82) is 0 Å². The number of hydrogen-bond donors (Lipinski definition) is 1. The molecule has 0 unspecified atom stereocenters. The van der Waals surface area contributed by atoms with Crippen LogP contribution in [0.15, 0.2) is 30.3 Å². The van der Waals surface area contributed by atoms with Crippen LogP contribution in [0.25, 0.3) is 5.57 Å². The molecule has 1 saturated heterocycles. The zero-order valence-electron chi connectivity index (χ0n) is 10.2. The summed E-state index contributed by atoms with van der Waals surface area (Å²) in [7, 11) is 0. The van der Waals surface area contributed by atoms with Crippen LogP contribution in [0.1, 0.15) is 12.5 Å². The molecule has 0 aromatic heterocycles. The van der Waals surface area contributed by atoms with E-state index in [0.29, 0.717) is 0 Å². The standard InChI is InChI=1S/C14H19ClN2/c1-12(13-4-2-3-5-14(13)15)6-9-17-10-7-16-8-11-17/h2-6,16H,7-11H2,1H3. The van der Waals surface area contributed by atoms with Crippen molar-refractivity contribution < 1.29 is 0 Å². The SMILES string of the molecule is CC(=CCN1CCNCC1)c1ccccc1Cl. The minimum absolute atomic E-state index is 0.835. The van der Waals surface area contributed by atoms with Crippen LogP contribution in [-0.4, -0.2) is 37.6 Å². The molecule has 1 aromatic rings. The average molecular weight is 251 g/mol. The molecule has 1 N–H and O–H groups in total. The number of nitrogens with zero attached hydrogens (tertiary/aromatic N) is 1. The molecule has 0 saturated carbocycles. The van der Waals surface area contributed by atoms with Crippen molar-refractivity contribution in [3.63, 3.8) is 0 Å². The van der Waals surface area contributed by atoms with Gasteiger partial charge in [-0.3, -0.25) is 4.90 Å². The van der Waals surface area contributed by atoms with Gasteiger partial charge in [-0.2, -0.15) is 0 Å². The van der Waals surface area contributed by atoms with E-state index in [1.807, 2.05) is 18.2 Å². The van der Waals surface area contributed by atoms with Crippen molar-refractivity contribution in [2.75, 3.05) is 32.7 Å². The molecule has 17 heavy (non-hydrogen) atoms. The van der Waals surface area contributed by atoms with E-state index in [-0.39, 0.29) is 0 Å². The molecule has 1 heterocycles. The lowest BCUT2D eigenvalue weighted by Crippen LogP contribution is -2.43. The Morgan fingerprint density at radius 3 is 2.76 bits per heavy atom. The van der Waals surface area contributed by atoms with Crippen molar-refractivity contribution in [3.8, 4) is 0 Å². The summed E-state index contributed by atoms with van der Waals surface area (Å²) in [4.78, 5) is 2.46. The van der Waals surface area contributed by atoms with Gasteiger partial charge in [0.05, 0.1) is 0 Å². The van der Waals surface area contributed by atoms with E-state index in [1.54, 1.807) is 0 Å². The van der Waals surface area contributed by atoms with Crippen molar-refractivity contribution in [3.05, 3.63) is 40.9 Å². The van der Waals surface area contributed by atoms with Crippen molar-refractivity contribution in [2.45, 2.75) is 6.92 Å². The quantitative estimate of drug-likeness (QED) is 0.887. The zero-order chi connectivity index (χ0) is 12.1. The third kappa shape index (κ3) is 3.56. The predicted octanol–water partition coefficient (Wildman–Crippen LogP) is 2.65. The van der Waals surface area contributed by atoms with Gasteiger partial charge in [0.25, 0.3) is 0 Å². The highest BCUT2D eigenvalue weighted by Crippen LogP contribution is 2.22. The fraction of sp³-hybridized carbons (Fsp3) is 0.429. The third-order valence-corrected chi connectivity index (χ3v) is 3.49. The highest BCUT2D eigenvalue weighted by molar-refractivity contribution is 6.32. The van der Waals surface area contributed by atoms with Crippen molar-refractivity contribution in [2.24, 2.45) is 0 Å². The van der Waals surface area contributed by atoms with E-state index in [1.165, 1.54) is 5.57 Å². The Balaban J connectivity index is 1.99. The molecule has 1 aromatic carbocycles. The Kier molecular flexibility index (Phi) is 4.60. The fourth-order valence-electron chi connectivity index (χ4n) is 2.05. The van der Waals surface area contributed by atoms with E-state index in [2.05, 4.69) is 29.3 Å². The molecule has 0 atom stereocenters. The van der Waals surface area contributed by atoms with Crippen LogP contribution in [0.3, 0.4) is 0 Å². The topological polar surface area (TPSA) is 15.3 Å². The summed E-state index contributed by atoms with van der Waals surface area (Å²) in [5, 5.41) is 4.19. The smallest absolute Gasteiger partial charge is 0.0480 e. The lowest BCUT2D eigenvalue weighted by Gasteiger charge is -2.26.